The van der Waals surface area contributed by atoms with Crippen LogP contribution in [0.15, 0.2) is 30.3 Å². The van der Waals surface area contributed by atoms with Gasteiger partial charge >= 0.3 is 5.97 Å². The maximum absolute atomic E-state index is 10.5. The first kappa shape index (κ1) is 16.5. The van der Waals surface area contributed by atoms with Crippen molar-refractivity contribution in [1.82, 2.24) is 0 Å². The third-order valence-electron chi connectivity index (χ3n) is 2.79. The van der Waals surface area contributed by atoms with Crippen molar-refractivity contribution >= 4 is 21.1 Å². The summed E-state index contributed by atoms with van der Waals surface area (Å²) in [5, 5.41) is 8.76. The molecule has 0 saturated heterocycles. The second-order valence-electron chi connectivity index (χ2n) is 6.11. The molecule has 0 unspecified atom stereocenters. The standard InChI is InChI=1S/C16H23O3Si/c1-12(2)20(16(3,4)5)19-14-9-6-13(7-10-14)8-11-15(17)18/h6-12H,1-5H3,(H,17,18)/b11-8+. The molecule has 1 rings (SSSR count). The Bertz CT molecular complexity index is 469. The number of carbonyl (C=O) groups is 1. The summed E-state index contributed by atoms with van der Waals surface area (Å²) >= 11 is 0. The lowest BCUT2D eigenvalue weighted by atomic mass is 10.2. The fourth-order valence-corrected chi connectivity index (χ4v) is 4.74. The molecule has 0 aliphatic carbocycles. The third kappa shape index (κ3) is 5.21. The van der Waals surface area contributed by atoms with Crippen molar-refractivity contribution in [2.24, 2.45) is 0 Å². The van der Waals surface area contributed by atoms with Crippen molar-refractivity contribution in [3.8, 4) is 5.75 Å². The van der Waals surface area contributed by atoms with Crippen LogP contribution in [-0.4, -0.2) is 20.1 Å². The number of carboxylic acid groups (broad SMARTS) is 1. The van der Waals surface area contributed by atoms with Crippen molar-refractivity contribution in [1.29, 1.82) is 0 Å². The summed E-state index contributed by atoms with van der Waals surface area (Å²) in [4.78, 5) is 10.5. The van der Waals surface area contributed by atoms with Crippen LogP contribution in [0, 0.1) is 0 Å². The van der Waals surface area contributed by atoms with Gasteiger partial charge in [0.1, 0.15) is 5.75 Å². The minimum absolute atomic E-state index is 0.167. The van der Waals surface area contributed by atoms with E-state index in [0.717, 1.165) is 17.4 Å². The summed E-state index contributed by atoms with van der Waals surface area (Å²) in [5.41, 5.74) is 1.38. The Morgan fingerprint density at radius 3 is 2.20 bits per heavy atom. The molecular weight excluding hydrogens is 268 g/mol. The molecule has 0 atom stereocenters. The Labute approximate surface area is 123 Å². The Balaban J connectivity index is 2.81. The highest BCUT2D eigenvalue weighted by Crippen LogP contribution is 2.35. The Morgan fingerprint density at radius 2 is 1.80 bits per heavy atom. The number of carboxylic acids is 1. The first-order valence-corrected chi connectivity index (χ1v) is 8.25. The topological polar surface area (TPSA) is 46.5 Å². The van der Waals surface area contributed by atoms with E-state index >= 15 is 0 Å². The molecule has 0 heterocycles. The average molecular weight is 291 g/mol. The van der Waals surface area contributed by atoms with Crippen LogP contribution in [0.4, 0.5) is 0 Å². The molecule has 0 aliphatic heterocycles. The van der Waals surface area contributed by atoms with Gasteiger partial charge in [0, 0.05) is 6.08 Å². The van der Waals surface area contributed by atoms with Gasteiger partial charge in [-0.3, -0.25) is 0 Å². The van der Waals surface area contributed by atoms with Crippen LogP contribution in [0.2, 0.25) is 10.6 Å². The first-order chi connectivity index (χ1) is 9.20. The monoisotopic (exact) mass is 291 g/mol. The lowest BCUT2D eigenvalue weighted by molar-refractivity contribution is -0.131. The molecule has 0 aliphatic rings. The highest BCUT2D eigenvalue weighted by molar-refractivity contribution is 6.57. The first-order valence-electron chi connectivity index (χ1n) is 6.76. The molecule has 1 N–H and O–H groups in total. The minimum atomic E-state index is -0.980. The second kappa shape index (κ2) is 6.75. The average Bonchev–Trinajstić information content (AvgIpc) is 2.33. The number of benzene rings is 1. The van der Waals surface area contributed by atoms with E-state index < -0.39 is 15.0 Å². The van der Waals surface area contributed by atoms with E-state index in [-0.39, 0.29) is 5.04 Å². The fourth-order valence-electron chi connectivity index (χ4n) is 2.08. The molecule has 109 valence electrons. The van der Waals surface area contributed by atoms with Crippen LogP contribution in [0.1, 0.15) is 40.2 Å². The summed E-state index contributed by atoms with van der Waals surface area (Å²) in [6, 6.07) is 7.55. The molecule has 3 nitrogen and oxygen atoms in total. The van der Waals surface area contributed by atoms with Crippen LogP contribution in [0.3, 0.4) is 0 Å². The highest BCUT2D eigenvalue weighted by atomic mass is 28.3. The van der Waals surface area contributed by atoms with Crippen molar-refractivity contribution < 1.29 is 14.3 Å². The molecule has 1 radical (unpaired) electrons. The molecule has 0 amide bonds. The van der Waals surface area contributed by atoms with Crippen LogP contribution in [0.5, 0.6) is 5.75 Å². The maximum atomic E-state index is 10.5. The van der Waals surface area contributed by atoms with Gasteiger partial charge in [0.2, 0.25) is 0 Å². The quantitative estimate of drug-likeness (QED) is 0.647. The molecule has 0 aromatic heterocycles. The van der Waals surface area contributed by atoms with E-state index in [1.165, 1.54) is 0 Å². The van der Waals surface area contributed by atoms with E-state index in [1.807, 2.05) is 24.3 Å². The summed E-state index contributed by atoms with van der Waals surface area (Å²) in [7, 11) is -0.980. The molecule has 0 saturated carbocycles. The summed E-state index contributed by atoms with van der Waals surface area (Å²) < 4.78 is 6.18. The predicted octanol–water partition coefficient (Wildman–Crippen LogP) is 4.36. The van der Waals surface area contributed by atoms with Crippen LogP contribution < -0.4 is 4.43 Å². The third-order valence-corrected chi connectivity index (χ3v) is 5.77. The Morgan fingerprint density at radius 1 is 1.25 bits per heavy atom. The molecule has 0 bridgehead atoms. The van der Waals surface area contributed by atoms with E-state index in [0.29, 0.717) is 5.54 Å². The minimum Gasteiger partial charge on any atom is -0.541 e. The maximum Gasteiger partial charge on any atom is 0.328 e. The predicted molar refractivity (Wildman–Crippen MR) is 84.3 cm³/mol. The Kier molecular flexibility index (Phi) is 5.57. The van der Waals surface area contributed by atoms with Crippen LogP contribution in [-0.2, 0) is 4.79 Å². The number of hydrogen-bond donors (Lipinski definition) is 1. The number of aliphatic carboxylic acids is 1. The molecular formula is C16H23O3Si. The number of hydrogen-bond acceptors (Lipinski definition) is 2. The van der Waals surface area contributed by atoms with Gasteiger partial charge in [-0.2, -0.15) is 0 Å². The lowest BCUT2D eigenvalue weighted by Crippen LogP contribution is -2.35. The van der Waals surface area contributed by atoms with Crippen molar-refractivity contribution in [2.75, 3.05) is 0 Å². The molecule has 4 heteroatoms. The Hall–Kier alpha value is -1.55. The highest BCUT2D eigenvalue weighted by Gasteiger charge is 2.33. The SMILES string of the molecule is CC(C)[Si](Oc1ccc(/C=C/C(=O)O)cc1)C(C)(C)C. The zero-order chi connectivity index (χ0) is 15.3. The van der Waals surface area contributed by atoms with Crippen LogP contribution in [0.25, 0.3) is 6.08 Å². The van der Waals surface area contributed by atoms with Gasteiger partial charge < -0.3 is 9.53 Å². The fraction of sp³-hybridized carbons (Fsp3) is 0.438. The molecule has 1 aromatic carbocycles. The van der Waals surface area contributed by atoms with Gasteiger partial charge in [-0.25, -0.2) is 4.79 Å². The van der Waals surface area contributed by atoms with E-state index in [4.69, 9.17) is 9.53 Å². The summed E-state index contributed by atoms with van der Waals surface area (Å²) in [6.45, 7) is 11.0. The second-order valence-corrected chi connectivity index (χ2v) is 9.70. The lowest BCUT2D eigenvalue weighted by Gasteiger charge is -2.31. The van der Waals surface area contributed by atoms with Crippen molar-refractivity contribution in [3.63, 3.8) is 0 Å². The van der Waals surface area contributed by atoms with E-state index in [9.17, 15) is 4.79 Å². The largest absolute Gasteiger partial charge is 0.541 e. The van der Waals surface area contributed by atoms with Gasteiger partial charge in [0.25, 0.3) is 9.04 Å². The number of rotatable bonds is 5. The normalized spacial score (nSPS) is 12.3. The van der Waals surface area contributed by atoms with Gasteiger partial charge in [-0.05, 0) is 34.4 Å². The smallest absolute Gasteiger partial charge is 0.328 e. The van der Waals surface area contributed by atoms with Gasteiger partial charge in [0.05, 0.1) is 0 Å². The van der Waals surface area contributed by atoms with Crippen molar-refractivity contribution in [2.45, 2.75) is 45.2 Å². The summed E-state index contributed by atoms with van der Waals surface area (Å²) in [5.74, 6) is -0.0849. The summed E-state index contributed by atoms with van der Waals surface area (Å²) in [6.07, 6.45) is 2.71. The molecule has 1 aromatic rings. The molecule has 0 fully saturated rings. The van der Waals surface area contributed by atoms with Gasteiger partial charge in [-0.15, -0.1) is 0 Å². The van der Waals surface area contributed by atoms with Gasteiger partial charge in [0.15, 0.2) is 0 Å². The van der Waals surface area contributed by atoms with Gasteiger partial charge in [-0.1, -0.05) is 46.8 Å². The van der Waals surface area contributed by atoms with Crippen LogP contribution >= 0.6 is 0 Å². The molecule has 20 heavy (non-hydrogen) atoms. The molecule has 0 spiro atoms. The zero-order valence-electron chi connectivity index (χ0n) is 12.8. The van der Waals surface area contributed by atoms with E-state index in [2.05, 4.69) is 34.6 Å². The zero-order valence-corrected chi connectivity index (χ0v) is 13.8. The van der Waals surface area contributed by atoms with E-state index in [1.54, 1.807) is 6.08 Å². The van der Waals surface area contributed by atoms with Crippen molar-refractivity contribution in [3.05, 3.63) is 35.9 Å².